The third-order valence-corrected chi connectivity index (χ3v) is 2.44. The van der Waals surface area contributed by atoms with Gasteiger partial charge in [0, 0.05) is 14.1 Å². The monoisotopic (exact) mass is 251 g/mol. The summed E-state index contributed by atoms with van der Waals surface area (Å²) in [5.41, 5.74) is 6.92. The highest BCUT2D eigenvalue weighted by molar-refractivity contribution is 5.98. The van der Waals surface area contributed by atoms with E-state index in [1.807, 2.05) is 0 Å². The number of esters is 1. The Kier molecular flexibility index (Phi) is 4.53. The van der Waals surface area contributed by atoms with Crippen LogP contribution in [0.3, 0.4) is 0 Å². The number of hydrogen-bond donors (Lipinski definition) is 2. The molecule has 1 rings (SSSR count). The lowest BCUT2D eigenvalue weighted by Gasteiger charge is -2.14. The number of likely N-dealkylation sites (N-methyl/N-ethyl adjacent to an activating group) is 1. The van der Waals surface area contributed by atoms with Gasteiger partial charge in [0.2, 0.25) is 5.91 Å². The van der Waals surface area contributed by atoms with Crippen LogP contribution in [-0.4, -0.2) is 44.5 Å². The van der Waals surface area contributed by atoms with Crippen LogP contribution >= 0.6 is 0 Å². The molecule has 1 aromatic rings. The Labute approximate surface area is 106 Å². The van der Waals surface area contributed by atoms with Crippen molar-refractivity contribution in [3.63, 3.8) is 0 Å². The van der Waals surface area contributed by atoms with Crippen molar-refractivity contribution in [2.24, 2.45) is 0 Å². The summed E-state index contributed by atoms with van der Waals surface area (Å²) in [6, 6.07) is 4.94. The number of nitrogen functional groups attached to an aromatic ring is 1. The molecule has 1 amide bonds. The van der Waals surface area contributed by atoms with E-state index in [1.165, 1.54) is 12.0 Å². The molecule has 0 aliphatic heterocycles. The number of carbonyl (C=O) groups excluding carboxylic acids is 2. The van der Waals surface area contributed by atoms with Crippen molar-refractivity contribution in [3.05, 3.63) is 23.8 Å². The van der Waals surface area contributed by atoms with E-state index < -0.39 is 5.97 Å². The number of carbonyl (C=O) groups is 2. The van der Waals surface area contributed by atoms with Gasteiger partial charge in [-0.2, -0.15) is 0 Å². The average Bonchev–Trinajstić information content (AvgIpc) is 2.36. The van der Waals surface area contributed by atoms with Crippen LogP contribution in [0.4, 0.5) is 11.4 Å². The second-order valence-electron chi connectivity index (χ2n) is 3.90. The number of hydrogen-bond acceptors (Lipinski definition) is 5. The largest absolute Gasteiger partial charge is 0.465 e. The van der Waals surface area contributed by atoms with Crippen molar-refractivity contribution >= 4 is 23.3 Å². The minimum atomic E-state index is -0.505. The zero-order valence-electron chi connectivity index (χ0n) is 10.7. The third-order valence-electron chi connectivity index (χ3n) is 2.44. The minimum absolute atomic E-state index is 0.0853. The van der Waals surface area contributed by atoms with Gasteiger partial charge in [-0.25, -0.2) is 4.79 Å². The van der Waals surface area contributed by atoms with Gasteiger partial charge in [-0.15, -0.1) is 0 Å². The van der Waals surface area contributed by atoms with E-state index in [0.29, 0.717) is 5.69 Å². The van der Waals surface area contributed by atoms with Gasteiger partial charge in [-0.05, 0) is 12.1 Å². The fourth-order valence-corrected chi connectivity index (χ4v) is 1.34. The highest BCUT2D eigenvalue weighted by atomic mass is 16.5. The lowest BCUT2D eigenvalue weighted by molar-refractivity contribution is -0.126. The van der Waals surface area contributed by atoms with E-state index in [-0.39, 0.29) is 23.7 Å². The van der Waals surface area contributed by atoms with Crippen LogP contribution < -0.4 is 11.1 Å². The molecule has 0 saturated heterocycles. The summed E-state index contributed by atoms with van der Waals surface area (Å²) >= 11 is 0. The quantitative estimate of drug-likeness (QED) is 0.603. The summed E-state index contributed by atoms with van der Waals surface area (Å²) in [7, 11) is 4.62. The maximum atomic E-state index is 11.4. The number of para-hydroxylation sites is 1. The van der Waals surface area contributed by atoms with Crippen molar-refractivity contribution in [2.45, 2.75) is 0 Å². The van der Waals surface area contributed by atoms with E-state index in [2.05, 4.69) is 10.1 Å². The number of anilines is 2. The van der Waals surface area contributed by atoms with Crippen LogP contribution in [0.15, 0.2) is 18.2 Å². The molecule has 3 N–H and O–H groups in total. The molecule has 1 aromatic carbocycles. The standard InChI is InChI=1S/C12H17N3O3/c1-15(2)10(16)7-14-9-6-4-5-8(11(9)13)12(17)18-3/h4-6,14H,7,13H2,1-3H3. The molecule has 6 heteroatoms. The third kappa shape index (κ3) is 3.13. The lowest BCUT2D eigenvalue weighted by atomic mass is 10.1. The van der Waals surface area contributed by atoms with Gasteiger partial charge in [0.15, 0.2) is 0 Å². The van der Waals surface area contributed by atoms with Crippen molar-refractivity contribution in [1.29, 1.82) is 0 Å². The maximum Gasteiger partial charge on any atom is 0.340 e. The lowest BCUT2D eigenvalue weighted by Crippen LogP contribution is -2.28. The Morgan fingerprint density at radius 3 is 2.61 bits per heavy atom. The molecule has 0 aromatic heterocycles. The zero-order chi connectivity index (χ0) is 13.7. The molecule has 0 heterocycles. The Morgan fingerprint density at radius 2 is 2.06 bits per heavy atom. The number of amides is 1. The molecule has 18 heavy (non-hydrogen) atoms. The van der Waals surface area contributed by atoms with Crippen molar-refractivity contribution in [2.75, 3.05) is 38.8 Å². The Balaban J connectivity index is 2.84. The first kappa shape index (κ1) is 13.8. The van der Waals surface area contributed by atoms with Gasteiger partial charge in [0.05, 0.1) is 30.6 Å². The predicted molar refractivity (Wildman–Crippen MR) is 69.4 cm³/mol. The number of nitrogens with zero attached hydrogens (tertiary/aromatic N) is 1. The number of methoxy groups -OCH3 is 1. The number of benzene rings is 1. The minimum Gasteiger partial charge on any atom is -0.465 e. The second kappa shape index (κ2) is 5.90. The topological polar surface area (TPSA) is 84.7 Å². The van der Waals surface area contributed by atoms with Crippen molar-refractivity contribution in [1.82, 2.24) is 4.90 Å². The molecule has 0 bridgehead atoms. The number of ether oxygens (including phenoxy) is 1. The van der Waals surface area contributed by atoms with Crippen LogP contribution in [-0.2, 0) is 9.53 Å². The van der Waals surface area contributed by atoms with Crippen LogP contribution in [0.25, 0.3) is 0 Å². The van der Waals surface area contributed by atoms with Gasteiger partial charge in [0.1, 0.15) is 0 Å². The fraction of sp³-hybridized carbons (Fsp3) is 0.333. The summed E-state index contributed by atoms with van der Waals surface area (Å²) in [6.07, 6.45) is 0. The molecule has 0 fully saturated rings. The summed E-state index contributed by atoms with van der Waals surface area (Å²) in [5.74, 6) is -0.590. The Bertz CT molecular complexity index is 458. The highest BCUT2D eigenvalue weighted by Gasteiger charge is 2.13. The molecule has 0 atom stereocenters. The Hall–Kier alpha value is -2.24. The van der Waals surface area contributed by atoms with E-state index in [4.69, 9.17) is 5.73 Å². The molecule has 0 aliphatic rings. The van der Waals surface area contributed by atoms with Crippen molar-refractivity contribution in [3.8, 4) is 0 Å². The van der Waals surface area contributed by atoms with Gasteiger partial charge in [0.25, 0.3) is 0 Å². The summed E-state index contributed by atoms with van der Waals surface area (Å²) in [5, 5.41) is 2.89. The first-order valence-electron chi connectivity index (χ1n) is 5.38. The molecule has 0 spiro atoms. The smallest absolute Gasteiger partial charge is 0.340 e. The van der Waals surface area contributed by atoms with Gasteiger partial charge in [-0.3, -0.25) is 4.79 Å². The van der Waals surface area contributed by atoms with Gasteiger partial charge in [-0.1, -0.05) is 6.07 Å². The fourth-order valence-electron chi connectivity index (χ4n) is 1.34. The SMILES string of the molecule is COC(=O)c1cccc(NCC(=O)N(C)C)c1N. The number of nitrogens with one attached hydrogen (secondary N) is 1. The Morgan fingerprint density at radius 1 is 1.39 bits per heavy atom. The molecule has 0 saturated carbocycles. The van der Waals surface area contributed by atoms with E-state index in [0.717, 1.165) is 0 Å². The first-order chi connectivity index (χ1) is 8.47. The predicted octanol–water partition coefficient (Wildman–Crippen LogP) is 0.555. The summed E-state index contributed by atoms with van der Waals surface area (Å²) in [4.78, 5) is 24.3. The molecular formula is C12H17N3O3. The molecular weight excluding hydrogens is 234 g/mol. The summed E-state index contributed by atoms with van der Waals surface area (Å²) in [6.45, 7) is 0.113. The molecule has 0 radical (unpaired) electrons. The first-order valence-corrected chi connectivity index (χ1v) is 5.38. The van der Waals surface area contributed by atoms with E-state index in [9.17, 15) is 9.59 Å². The van der Waals surface area contributed by atoms with E-state index in [1.54, 1.807) is 32.3 Å². The maximum absolute atomic E-state index is 11.4. The van der Waals surface area contributed by atoms with Crippen LogP contribution in [0.1, 0.15) is 10.4 Å². The van der Waals surface area contributed by atoms with Crippen LogP contribution in [0.2, 0.25) is 0 Å². The summed E-state index contributed by atoms with van der Waals surface area (Å²) < 4.78 is 4.61. The second-order valence-corrected chi connectivity index (χ2v) is 3.90. The highest BCUT2D eigenvalue weighted by Crippen LogP contribution is 2.23. The van der Waals surface area contributed by atoms with Gasteiger partial charge >= 0.3 is 5.97 Å². The molecule has 6 nitrogen and oxygen atoms in total. The van der Waals surface area contributed by atoms with E-state index >= 15 is 0 Å². The average molecular weight is 251 g/mol. The normalized spacial score (nSPS) is 9.72. The van der Waals surface area contributed by atoms with Gasteiger partial charge < -0.3 is 20.7 Å². The van der Waals surface area contributed by atoms with Crippen LogP contribution in [0.5, 0.6) is 0 Å². The van der Waals surface area contributed by atoms with Crippen LogP contribution in [0, 0.1) is 0 Å². The molecule has 0 aliphatic carbocycles. The molecule has 0 unspecified atom stereocenters. The van der Waals surface area contributed by atoms with Crippen molar-refractivity contribution < 1.29 is 14.3 Å². The number of nitrogens with two attached hydrogens (primary N) is 1. The molecule has 98 valence electrons. The zero-order valence-corrected chi connectivity index (χ0v) is 10.7. The number of rotatable bonds is 4.